The van der Waals surface area contributed by atoms with Crippen molar-refractivity contribution in [2.24, 2.45) is 5.92 Å². The van der Waals surface area contributed by atoms with E-state index in [0.29, 0.717) is 5.56 Å². The lowest BCUT2D eigenvalue weighted by Crippen LogP contribution is -2.53. The third-order valence-electron chi connectivity index (χ3n) is 7.02. The van der Waals surface area contributed by atoms with Crippen LogP contribution < -0.4 is 10.2 Å². The molecule has 10 nitrogen and oxygen atoms in total. The Hall–Kier alpha value is -3.84. The van der Waals surface area contributed by atoms with Gasteiger partial charge in [0, 0.05) is 13.1 Å². The summed E-state index contributed by atoms with van der Waals surface area (Å²) in [5.41, 5.74) is 1.58. The highest BCUT2D eigenvalue weighted by atomic mass is 32.2. The van der Waals surface area contributed by atoms with Gasteiger partial charge in [-0.15, -0.1) is 0 Å². The average Bonchev–Trinajstić information content (AvgIpc) is 3.38. The first kappa shape index (κ1) is 32.1. The van der Waals surface area contributed by atoms with Gasteiger partial charge in [0.25, 0.3) is 5.91 Å². The molecule has 2 amide bonds. The van der Waals surface area contributed by atoms with Crippen LogP contribution in [0.2, 0.25) is 0 Å². The Balaban J connectivity index is 1.55. The van der Waals surface area contributed by atoms with Crippen LogP contribution in [0, 0.1) is 11.7 Å². The van der Waals surface area contributed by atoms with Crippen LogP contribution in [0.5, 0.6) is 0 Å². The summed E-state index contributed by atoms with van der Waals surface area (Å²) in [7, 11) is -4.04. The summed E-state index contributed by atoms with van der Waals surface area (Å²) in [6.07, 6.45) is -3.22. The predicted octanol–water partition coefficient (Wildman–Crippen LogP) is 3.08. The number of nitrogens with zero attached hydrogens (tertiary/aromatic N) is 2. The van der Waals surface area contributed by atoms with E-state index in [1.54, 1.807) is 0 Å². The second-order valence-corrected chi connectivity index (χ2v) is 12.8. The molecule has 0 unspecified atom stereocenters. The van der Waals surface area contributed by atoms with Gasteiger partial charge in [-0.05, 0) is 53.8 Å². The fourth-order valence-electron chi connectivity index (χ4n) is 4.81. The van der Waals surface area contributed by atoms with E-state index < -0.39 is 46.1 Å². The van der Waals surface area contributed by atoms with E-state index in [2.05, 4.69) is 5.32 Å². The number of hydrogen-bond acceptors (Lipinski definition) is 7. The number of hydrogen-bond donors (Lipinski definition) is 3. The minimum absolute atomic E-state index is 0.0107. The number of carbonyl (C=O) groups is 2. The molecule has 3 aromatic rings. The van der Waals surface area contributed by atoms with E-state index in [0.717, 1.165) is 16.5 Å². The maximum absolute atomic E-state index is 13.7. The maximum Gasteiger partial charge on any atom is 0.415 e. The normalized spacial score (nSPS) is 16.8. The van der Waals surface area contributed by atoms with Crippen LogP contribution in [0.25, 0.3) is 0 Å². The van der Waals surface area contributed by atoms with Crippen molar-refractivity contribution >= 4 is 27.7 Å². The van der Waals surface area contributed by atoms with Gasteiger partial charge in [-0.2, -0.15) is 4.31 Å². The lowest BCUT2D eigenvalue weighted by molar-refractivity contribution is -0.129. The van der Waals surface area contributed by atoms with Gasteiger partial charge in [-0.1, -0.05) is 62.4 Å². The molecule has 0 radical (unpaired) electrons. The molecule has 1 aliphatic rings. The van der Waals surface area contributed by atoms with Crippen molar-refractivity contribution in [3.63, 3.8) is 0 Å². The van der Waals surface area contributed by atoms with Crippen molar-refractivity contribution in [1.29, 1.82) is 0 Å². The number of nitrogens with one attached hydrogen (secondary N) is 1. The quantitative estimate of drug-likeness (QED) is 0.270. The third-order valence-corrected chi connectivity index (χ3v) is 8.86. The third kappa shape index (κ3) is 8.17. The predicted molar refractivity (Wildman–Crippen MR) is 158 cm³/mol. The Labute approximate surface area is 250 Å². The highest BCUT2D eigenvalue weighted by Gasteiger charge is 2.39. The molecule has 0 aromatic heterocycles. The van der Waals surface area contributed by atoms with Crippen LogP contribution in [0.4, 0.5) is 14.9 Å². The van der Waals surface area contributed by atoms with Crippen molar-refractivity contribution in [3.8, 4) is 0 Å². The molecule has 0 aliphatic carbocycles. The Bertz CT molecular complexity index is 1500. The lowest BCUT2D eigenvalue weighted by atomic mass is 10.0. The van der Waals surface area contributed by atoms with Crippen molar-refractivity contribution in [3.05, 3.63) is 95.8 Å². The Morgan fingerprint density at radius 3 is 2.37 bits per heavy atom. The minimum atomic E-state index is -4.04. The van der Waals surface area contributed by atoms with E-state index >= 15 is 0 Å². The standard InChI is InChI=1S/C31H36FN3O7S/c1-21(2)17-34(43(40,41)26-13-11-23(20-36)12-14-26)18-28(37)27(15-22-7-4-3-5-8-22)33-30(38)29-19-35(31(39)42-29)25-10-6-9-24(32)16-25/h3-14,16,21,27-29,36-37H,15,17-20H2,1-2H3,(H,33,38)/t27-,28+,29-/m0/s1. The molecule has 3 atom stereocenters. The number of aliphatic hydroxyl groups excluding tert-OH is 2. The van der Waals surface area contributed by atoms with E-state index in [1.165, 1.54) is 46.8 Å². The zero-order valence-electron chi connectivity index (χ0n) is 24.0. The van der Waals surface area contributed by atoms with Crippen LogP contribution in [-0.2, 0) is 32.6 Å². The lowest BCUT2D eigenvalue weighted by Gasteiger charge is -2.31. The monoisotopic (exact) mass is 613 g/mol. The molecule has 1 saturated heterocycles. The van der Waals surface area contributed by atoms with Crippen LogP contribution in [0.3, 0.4) is 0 Å². The molecule has 1 fully saturated rings. The van der Waals surface area contributed by atoms with Gasteiger partial charge in [0.1, 0.15) is 5.82 Å². The summed E-state index contributed by atoms with van der Waals surface area (Å²) in [6.45, 7) is 3.10. The van der Waals surface area contributed by atoms with Crippen molar-refractivity contribution in [2.75, 3.05) is 24.5 Å². The summed E-state index contributed by atoms with van der Waals surface area (Å²) in [6, 6.07) is 19.3. The molecular weight excluding hydrogens is 577 g/mol. The smallest absolute Gasteiger partial charge is 0.415 e. The zero-order chi connectivity index (χ0) is 31.1. The van der Waals surface area contributed by atoms with E-state index in [9.17, 15) is 32.6 Å². The molecule has 3 aromatic carbocycles. The summed E-state index contributed by atoms with van der Waals surface area (Å²) < 4.78 is 47.4. The second kappa shape index (κ2) is 14.1. The Morgan fingerprint density at radius 1 is 1.05 bits per heavy atom. The first-order chi connectivity index (χ1) is 20.5. The van der Waals surface area contributed by atoms with Crippen LogP contribution in [0.15, 0.2) is 83.8 Å². The number of anilines is 1. The van der Waals surface area contributed by atoms with E-state index in [4.69, 9.17) is 4.74 Å². The number of halogens is 1. The van der Waals surface area contributed by atoms with Gasteiger partial charge in [0.15, 0.2) is 6.10 Å². The zero-order valence-corrected chi connectivity index (χ0v) is 24.8. The second-order valence-electron chi connectivity index (χ2n) is 10.9. The number of sulfonamides is 1. The number of rotatable bonds is 13. The first-order valence-electron chi connectivity index (χ1n) is 13.9. The van der Waals surface area contributed by atoms with Crippen LogP contribution >= 0.6 is 0 Å². The van der Waals surface area contributed by atoms with Crippen molar-refractivity contribution < 1.29 is 37.3 Å². The first-order valence-corrected chi connectivity index (χ1v) is 15.4. The highest BCUT2D eigenvalue weighted by Crippen LogP contribution is 2.23. The number of aliphatic hydroxyl groups is 2. The van der Waals surface area contributed by atoms with E-state index in [1.807, 2.05) is 44.2 Å². The molecule has 12 heteroatoms. The number of amides is 2. The van der Waals surface area contributed by atoms with Crippen LogP contribution in [-0.4, -0.2) is 72.8 Å². The van der Waals surface area contributed by atoms with Gasteiger partial charge in [-0.25, -0.2) is 17.6 Å². The van der Waals surface area contributed by atoms with Gasteiger partial charge in [-0.3, -0.25) is 9.69 Å². The fourth-order valence-corrected chi connectivity index (χ4v) is 6.43. The number of benzene rings is 3. The van der Waals surface area contributed by atoms with E-state index in [-0.39, 0.29) is 49.2 Å². The fraction of sp³-hybridized carbons (Fsp3) is 0.355. The summed E-state index contributed by atoms with van der Waals surface area (Å²) in [5, 5.41) is 23.5. The number of ether oxygens (including phenoxy) is 1. The molecule has 0 spiro atoms. The molecule has 230 valence electrons. The molecule has 1 aliphatic heterocycles. The largest absolute Gasteiger partial charge is 0.434 e. The summed E-state index contributed by atoms with van der Waals surface area (Å²) in [5.74, 6) is -1.30. The highest BCUT2D eigenvalue weighted by molar-refractivity contribution is 7.89. The van der Waals surface area contributed by atoms with Crippen LogP contribution in [0.1, 0.15) is 25.0 Å². The molecule has 1 heterocycles. The number of carbonyl (C=O) groups excluding carboxylic acids is 2. The Morgan fingerprint density at radius 2 is 1.74 bits per heavy atom. The molecular formula is C31H36FN3O7S. The minimum Gasteiger partial charge on any atom is -0.434 e. The Kier molecular flexibility index (Phi) is 10.5. The van der Waals surface area contributed by atoms with Gasteiger partial charge >= 0.3 is 6.09 Å². The summed E-state index contributed by atoms with van der Waals surface area (Å²) >= 11 is 0. The summed E-state index contributed by atoms with van der Waals surface area (Å²) in [4.78, 5) is 27.0. The van der Waals surface area contributed by atoms with Gasteiger partial charge in [0.2, 0.25) is 10.0 Å². The maximum atomic E-state index is 13.7. The van der Waals surface area contributed by atoms with Gasteiger partial charge < -0.3 is 20.3 Å². The van der Waals surface area contributed by atoms with Gasteiger partial charge in [0.05, 0.1) is 35.9 Å². The SMILES string of the molecule is CC(C)CN(C[C@@H](O)[C@H](Cc1ccccc1)NC(=O)[C@@H]1CN(c2cccc(F)c2)C(=O)O1)S(=O)(=O)c1ccc(CO)cc1. The average molecular weight is 614 g/mol. The van der Waals surface area contributed by atoms with Crippen molar-refractivity contribution in [2.45, 2.75) is 50.0 Å². The molecule has 0 saturated carbocycles. The van der Waals surface area contributed by atoms with Crippen molar-refractivity contribution in [1.82, 2.24) is 9.62 Å². The molecule has 4 rings (SSSR count). The molecule has 0 bridgehead atoms. The molecule has 43 heavy (non-hydrogen) atoms. The number of cyclic esters (lactones) is 1. The molecule has 3 N–H and O–H groups in total. The topological polar surface area (TPSA) is 136 Å².